The average Bonchev–Trinajstić information content (AvgIpc) is 2.64. The molecule has 27 heavy (non-hydrogen) atoms. The molecule has 1 atom stereocenters. The van der Waals surface area contributed by atoms with E-state index in [1.807, 2.05) is 45.0 Å². The lowest BCUT2D eigenvalue weighted by Gasteiger charge is -2.34. The summed E-state index contributed by atoms with van der Waals surface area (Å²) in [7, 11) is 1.59. The molecule has 1 saturated heterocycles. The standard InChI is InChI=1S/C20H28N4O3/c1-20(2,3)27-19(25)24-11-7-8-14(13-24)12-21-17-18(26-4)23-16-10-6-5-9-15(16)22-17/h5-6,9-10,14H,7-8,11-13H2,1-4H3,(H,21,22). The number of amides is 1. The number of para-hydroxylation sites is 2. The average molecular weight is 372 g/mol. The summed E-state index contributed by atoms with van der Waals surface area (Å²) in [5, 5.41) is 3.36. The largest absolute Gasteiger partial charge is 0.478 e. The number of nitrogens with zero attached hydrogens (tertiary/aromatic N) is 3. The second-order valence-corrected chi connectivity index (χ2v) is 7.89. The highest BCUT2D eigenvalue weighted by molar-refractivity contribution is 5.77. The Labute approximate surface area is 160 Å². The molecule has 2 aromatic rings. The van der Waals surface area contributed by atoms with Gasteiger partial charge in [-0.3, -0.25) is 0 Å². The number of carbonyl (C=O) groups is 1. The first kappa shape index (κ1) is 19.2. The van der Waals surface area contributed by atoms with Gasteiger partial charge in [-0.2, -0.15) is 0 Å². The zero-order chi connectivity index (χ0) is 19.4. The van der Waals surface area contributed by atoms with Crippen molar-refractivity contribution in [2.75, 3.05) is 32.1 Å². The summed E-state index contributed by atoms with van der Waals surface area (Å²) in [5.74, 6) is 1.43. The van der Waals surface area contributed by atoms with E-state index in [1.54, 1.807) is 12.0 Å². The van der Waals surface area contributed by atoms with Gasteiger partial charge in [-0.05, 0) is 51.7 Å². The van der Waals surface area contributed by atoms with E-state index in [0.717, 1.165) is 30.4 Å². The Hall–Kier alpha value is -2.57. The van der Waals surface area contributed by atoms with Crippen molar-refractivity contribution in [3.8, 4) is 5.88 Å². The zero-order valence-corrected chi connectivity index (χ0v) is 16.5. The molecule has 0 radical (unpaired) electrons. The van der Waals surface area contributed by atoms with Crippen molar-refractivity contribution in [3.63, 3.8) is 0 Å². The predicted molar refractivity (Wildman–Crippen MR) is 105 cm³/mol. The lowest BCUT2D eigenvalue weighted by Crippen LogP contribution is -2.44. The summed E-state index contributed by atoms with van der Waals surface area (Å²) in [4.78, 5) is 23.3. The van der Waals surface area contributed by atoms with Crippen LogP contribution in [0.15, 0.2) is 24.3 Å². The summed E-state index contributed by atoms with van der Waals surface area (Å²) in [6.07, 6.45) is 1.78. The normalized spacial score (nSPS) is 17.6. The third-order valence-corrected chi connectivity index (χ3v) is 4.46. The van der Waals surface area contributed by atoms with Crippen molar-refractivity contribution in [1.29, 1.82) is 0 Å². The second kappa shape index (κ2) is 7.98. The van der Waals surface area contributed by atoms with E-state index in [1.165, 1.54) is 0 Å². The van der Waals surface area contributed by atoms with Crippen LogP contribution in [0.1, 0.15) is 33.6 Å². The third-order valence-electron chi connectivity index (χ3n) is 4.46. The maximum absolute atomic E-state index is 12.3. The van der Waals surface area contributed by atoms with Gasteiger partial charge in [0.25, 0.3) is 5.88 Å². The molecular weight excluding hydrogens is 344 g/mol. The number of nitrogens with one attached hydrogen (secondary N) is 1. The number of fused-ring (bicyclic) bond motifs is 1. The number of hydrogen-bond donors (Lipinski definition) is 1. The van der Waals surface area contributed by atoms with Crippen molar-refractivity contribution in [3.05, 3.63) is 24.3 Å². The number of aromatic nitrogens is 2. The Morgan fingerprint density at radius 3 is 2.63 bits per heavy atom. The molecule has 1 aromatic carbocycles. The highest BCUT2D eigenvalue weighted by Crippen LogP contribution is 2.25. The van der Waals surface area contributed by atoms with Crippen molar-refractivity contribution >= 4 is 22.9 Å². The van der Waals surface area contributed by atoms with Gasteiger partial charge in [-0.15, -0.1) is 0 Å². The molecule has 1 amide bonds. The third kappa shape index (κ3) is 4.99. The zero-order valence-electron chi connectivity index (χ0n) is 16.5. The Morgan fingerprint density at radius 2 is 1.96 bits per heavy atom. The van der Waals surface area contributed by atoms with E-state index in [0.29, 0.717) is 30.7 Å². The molecule has 7 nitrogen and oxygen atoms in total. The number of carbonyl (C=O) groups excluding carboxylic acids is 1. The smallest absolute Gasteiger partial charge is 0.410 e. The van der Waals surface area contributed by atoms with Crippen molar-refractivity contribution in [2.45, 2.75) is 39.2 Å². The van der Waals surface area contributed by atoms with Crippen LogP contribution < -0.4 is 10.1 Å². The Balaban J connectivity index is 1.64. The molecule has 0 saturated carbocycles. The molecule has 2 heterocycles. The first-order valence-electron chi connectivity index (χ1n) is 9.38. The van der Waals surface area contributed by atoms with Crippen molar-refractivity contribution in [1.82, 2.24) is 14.9 Å². The predicted octanol–water partition coefficient (Wildman–Crippen LogP) is 3.70. The number of piperidine rings is 1. The molecule has 1 aromatic heterocycles. The van der Waals surface area contributed by atoms with Gasteiger partial charge >= 0.3 is 6.09 Å². The summed E-state index contributed by atoms with van der Waals surface area (Å²) < 4.78 is 10.9. The number of likely N-dealkylation sites (tertiary alicyclic amines) is 1. The number of rotatable bonds is 4. The number of hydrogen-bond acceptors (Lipinski definition) is 6. The topological polar surface area (TPSA) is 76.6 Å². The van der Waals surface area contributed by atoms with Crippen molar-refractivity contribution in [2.24, 2.45) is 5.92 Å². The van der Waals surface area contributed by atoms with Crippen LogP contribution in [0.4, 0.5) is 10.6 Å². The van der Waals surface area contributed by atoms with Crippen LogP contribution in [0.2, 0.25) is 0 Å². The van der Waals surface area contributed by atoms with Crippen LogP contribution in [0.3, 0.4) is 0 Å². The molecule has 0 spiro atoms. The first-order chi connectivity index (χ1) is 12.9. The lowest BCUT2D eigenvalue weighted by molar-refractivity contribution is 0.0172. The van der Waals surface area contributed by atoms with Crippen LogP contribution in [-0.2, 0) is 4.74 Å². The van der Waals surface area contributed by atoms with E-state index in [2.05, 4.69) is 15.3 Å². The van der Waals surface area contributed by atoms with Gasteiger partial charge in [0.1, 0.15) is 5.60 Å². The lowest BCUT2D eigenvalue weighted by atomic mass is 9.98. The molecule has 1 fully saturated rings. The monoisotopic (exact) mass is 372 g/mol. The summed E-state index contributed by atoms with van der Waals surface area (Å²) in [6.45, 7) is 7.77. The fraction of sp³-hybridized carbons (Fsp3) is 0.550. The Kier molecular flexibility index (Phi) is 5.68. The van der Waals surface area contributed by atoms with E-state index < -0.39 is 5.60 Å². The number of ether oxygens (including phenoxy) is 2. The van der Waals surface area contributed by atoms with E-state index >= 15 is 0 Å². The first-order valence-corrected chi connectivity index (χ1v) is 9.38. The molecule has 3 rings (SSSR count). The molecule has 146 valence electrons. The van der Waals surface area contributed by atoms with Gasteiger partial charge in [-0.1, -0.05) is 12.1 Å². The minimum absolute atomic E-state index is 0.240. The molecular formula is C20H28N4O3. The molecule has 1 unspecified atom stereocenters. The van der Waals surface area contributed by atoms with Gasteiger partial charge < -0.3 is 19.7 Å². The molecule has 7 heteroatoms. The number of benzene rings is 1. The minimum Gasteiger partial charge on any atom is -0.478 e. The fourth-order valence-electron chi connectivity index (χ4n) is 3.21. The van der Waals surface area contributed by atoms with Crippen LogP contribution in [0, 0.1) is 5.92 Å². The maximum Gasteiger partial charge on any atom is 0.410 e. The molecule has 1 N–H and O–H groups in total. The van der Waals surface area contributed by atoms with Crippen LogP contribution in [-0.4, -0.2) is 53.3 Å². The second-order valence-electron chi connectivity index (χ2n) is 7.89. The highest BCUT2D eigenvalue weighted by Gasteiger charge is 2.27. The highest BCUT2D eigenvalue weighted by atomic mass is 16.6. The number of anilines is 1. The quantitative estimate of drug-likeness (QED) is 0.882. The molecule has 1 aliphatic rings. The van der Waals surface area contributed by atoms with Gasteiger partial charge in [0.15, 0.2) is 5.82 Å². The summed E-state index contributed by atoms with van der Waals surface area (Å²) >= 11 is 0. The van der Waals surface area contributed by atoms with E-state index in [-0.39, 0.29) is 6.09 Å². The molecule has 1 aliphatic heterocycles. The van der Waals surface area contributed by atoms with E-state index in [9.17, 15) is 4.79 Å². The summed E-state index contributed by atoms with van der Waals surface area (Å²) in [6, 6.07) is 7.70. The van der Waals surface area contributed by atoms with Crippen LogP contribution >= 0.6 is 0 Å². The van der Waals surface area contributed by atoms with Gasteiger partial charge in [-0.25, -0.2) is 14.8 Å². The number of methoxy groups -OCH3 is 1. The molecule has 0 aliphatic carbocycles. The minimum atomic E-state index is -0.476. The van der Waals surface area contributed by atoms with Crippen molar-refractivity contribution < 1.29 is 14.3 Å². The Bertz CT molecular complexity index is 803. The Morgan fingerprint density at radius 1 is 1.26 bits per heavy atom. The van der Waals surface area contributed by atoms with Gasteiger partial charge in [0.05, 0.1) is 18.1 Å². The SMILES string of the molecule is COc1nc2ccccc2nc1NCC1CCCN(C(=O)OC(C)(C)C)C1. The summed E-state index contributed by atoms with van der Waals surface area (Å²) in [5.41, 5.74) is 1.14. The van der Waals surface area contributed by atoms with E-state index in [4.69, 9.17) is 9.47 Å². The maximum atomic E-state index is 12.3. The van der Waals surface area contributed by atoms with Crippen LogP contribution in [0.25, 0.3) is 11.0 Å². The molecule has 0 bridgehead atoms. The fourth-order valence-corrected chi connectivity index (χ4v) is 3.21. The van der Waals surface area contributed by atoms with Crippen LogP contribution in [0.5, 0.6) is 5.88 Å². The van der Waals surface area contributed by atoms with Gasteiger partial charge in [0, 0.05) is 19.6 Å². The van der Waals surface area contributed by atoms with Gasteiger partial charge in [0.2, 0.25) is 0 Å².